The molecule has 0 spiro atoms. The first-order valence-corrected chi connectivity index (χ1v) is 7.40. The summed E-state index contributed by atoms with van der Waals surface area (Å²) in [7, 11) is 0. The van der Waals surface area contributed by atoms with Gasteiger partial charge in [0, 0.05) is 18.3 Å². The topological polar surface area (TPSA) is 29.3 Å². The first kappa shape index (κ1) is 13.4. The Morgan fingerprint density at radius 1 is 1.11 bits per heavy atom. The van der Waals surface area contributed by atoms with Gasteiger partial charge >= 0.3 is 0 Å². The van der Waals surface area contributed by atoms with Crippen LogP contribution in [0.25, 0.3) is 0 Å². The normalized spacial score (nSPS) is 16.8. The van der Waals surface area contributed by atoms with E-state index in [2.05, 4.69) is 36.1 Å². The molecule has 1 fully saturated rings. The Morgan fingerprint density at radius 2 is 1.78 bits per heavy atom. The molecule has 0 saturated heterocycles. The predicted octanol–water partition coefficient (Wildman–Crippen LogP) is 3.35. The molecule has 0 aliphatic heterocycles. The molecule has 0 radical (unpaired) electrons. The monoisotopic (exact) mass is 246 g/mol. The van der Waals surface area contributed by atoms with Crippen LogP contribution in [-0.2, 0) is 6.42 Å². The summed E-state index contributed by atoms with van der Waals surface area (Å²) in [5, 5.41) is 0. The fourth-order valence-electron chi connectivity index (χ4n) is 3.07. The third-order valence-electron chi connectivity index (χ3n) is 4.06. The molecule has 2 N–H and O–H groups in total. The van der Waals surface area contributed by atoms with E-state index < -0.39 is 0 Å². The molecule has 100 valence electrons. The van der Waals surface area contributed by atoms with Crippen LogP contribution in [0.3, 0.4) is 0 Å². The summed E-state index contributed by atoms with van der Waals surface area (Å²) in [6.07, 6.45) is 7.91. The molecule has 0 aromatic heterocycles. The summed E-state index contributed by atoms with van der Waals surface area (Å²) in [5.41, 5.74) is 8.32. The van der Waals surface area contributed by atoms with Crippen molar-refractivity contribution >= 4 is 5.69 Å². The maximum absolute atomic E-state index is 5.59. The Balaban J connectivity index is 2.06. The lowest BCUT2D eigenvalue weighted by atomic mass is 9.93. The fraction of sp³-hybridized carbons (Fsp3) is 0.625. The first-order valence-electron chi connectivity index (χ1n) is 7.40. The van der Waals surface area contributed by atoms with E-state index in [0.717, 1.165) is 25.6 Å². The maximum atomic E-state index is 5.59. The minimum Gasteiger partial charge on any atom is -0.369 e. The highest BCUT2D eigenvalue weighted by Crippen LogP contribution is 2.27. The molecule has 2 heteroatoms. The smallest absolute Gasteiger partial charge is 0.0368 e. The van der Waals surface area contributed by atoms with Crippen LogP contribution >= 0.6 is 0 Å². The van der Waals surface area contributed by atoms with E-state index in [1.165, 1.54) is 43.4 Å². The number of anilines is 1. The van der Waals surface area contributed by atoms with Gasteiger partial charge in [-0.15, -0.1) is 0 Å². The first-order chi connectivity index (χ1) is 8.85. The van der Waals surface area contributed by atoms with E-state index >= 15 is 0 Å². The number of benzene rings is 1. The highest BCUT2D eigenvalue weighted by atomic mass is 15.2. The van der Waals surface area contributed by atoms with Crippen molar-refractivity contribution in [2.45, 2.75) is 51.5 Å². The molecule has 0 atom stereocenters. The van der Waals surface area contributed by atoms with Crippen LogP contribution in [0.1, 0.15) is 44.6 Å². The van der Waals surface area contributed by atoms with Gasteiger partial charge in [0.25, 0.3) is 0 Å². The van der Waals surface area contributed by atoms with E-state index in [-0.39, 0.29) is 0 Å². The van der Waals surface area contributed by atoms with E-state index in [1.807, 2.05) is 0 Å². The Labute approximate surface area is 111 Å². The lowest BCUT2D eigenvalue weighted by Crippen LogP contribution is -2.36. The van der Waals surface area contributed by atoms with Gasteiger partial charge in [0.1, 0.15) is 0 Å². The van der Waals surface area contributed by atoms with Crippen molar-refractivity contribution in [2.24, 2.45) is 5.73 Å². The zero-order valence-electron chi connectivity index (χ0n) is 11.6. The third-order valence-corrected chi connectivity index (χ3v) is 4.06. The highest BCUT2D eigenvalue weighted by Gasteiger charge is 2.19. The molecule has 0 bridgehead atoms. The molecular formula is C16H26N2. The van der Waals surface area contributed by atoms with Crippen LogP contribution in [0.5, 0.6) is 0 Å². The Kier molecular flexibility index (Phi) is 5.06. The van der Waals surface area contributed by atoms with Gasteiger partial charge in [0.05, 0.1) is 0 Å². The van der Waals surface area contributed by atoms with Gasteiger partial charge in [-0.3, -0.25) is 0 Å². The second-order valence-electron chi connectivity index (χ2n) is 5.28. The van der Waals surface area contributed by atoms with Crippen molar-refractivity contribution in [3.8, 4) is 0 Å². The van der Waals surface area contributed by atoms with Crippen molar-refractivity contribution in [1.82, 2.24) is 0 Å². The minimum atomic E-state index is 0.736. The Hall–Kier alpha value is -1.02. The van der Waals surface area contributed by atoms with Crippen molar-refractivity contribution in [2.75, 3.05) is 18.0 Å². The minimum absolute atomic E-state index is 0.736. The number of rotatable bonds is 5. The van der Waals surface area contributed by atoms with E-state index in [1.54, 1.807) is 0 Å². The van der Waals surface area contributed by atoms with Gasteiger partial charge in [0.15, 0.2) is 0 Å². The second-order valence-corrected chi connectivity index (χ2v) is 5.28. The summed E-state index contributed by atoms with van der Waals surface area (Å²) in [6.45, 7) is 4.11. The maximum Gasteiger partial charge on any atom is 0.0368 e. The molecule has 1 aromatic carbocycles. The fourth-order valence-corrected chi connectivity index (χ4v) is 3.07. The molecule has 1 aliphatic carbocycles. The number of hydrogen-bond acceptors (Lipinski definition) is 2. The zero-order chi connectivity index (χ0) is 12.8. The molecule has 0 amide bonds. The van der Waals surface area contributed by atoms with Gasteiger partial charge in [-0.1, -0.05) is 31.4 Å². The molecule has 18 heavy (non-hydrogen) atoms. The summed E-state index contributed by atoms with van der Waals surface area (Å²) in [6, 6.07) is 9.75. The van der Waals surface area contributed by atoms with E-state index in [9.17, 15) is 0 Å². The molecule has 2 rings (SSSR count). The molecule has 0 heterocycles. The van der Waals surface area contributed by atoms with Gasteiger partial charge in [-0.2, -0.15) is 0 Å². The summed E-state index contributed by atoms with van der Waals surface area (Å²) in [4.78, 5) is 2.57. The van der Waals surface area contributed by atoms with Crippen molar-refractivity contribution in [1.29, 1.82) is 0 Å². The Morgan fingerprint density at radius 3 is 2.33 bits per heavy atom. The van der Waals surface area contributed by atoms with Crippen LogP contribution in [0, 0.1) is 0 Å². The van der Waals surface area contributed by atoms with Crippen LogP contribution in [0.4, 0.5) is 5.69 Å². The summed E-state index contributed by atoms with van der Waals surface area (Å²) >= 11 is 0. The lowest BCUT2D eigenvalue weighted by molar-refractivity contribution is 0.418. The van der Waals surface area contributed by atoms with Crippen molar-refractivity contribution in [3.05, 3.63) is 29.8 Å². The third kappa shape index (κ3) is 3.26. The lowest BCUT2D eigenvalue weighted by Gasteiger charge is -2.35. The van der Waals surface area contributed by atoms with Gasteiger partial charge in [-0.05, 0) is 50.4 Å². The summed E-state index contributed by atoms with van der Waals surface area (Å²) < 4.78 is 0. The van der Waals surface area contributed by atoms with Crippen LogP contribution in [-0.4, -0.2) is 19.1 Å². The van der Waals surface area contributed by atoms with Crippen LogP contribution < -0.4 is 10.6 Å². The van der Waals surface area contributed by atoms with E-state index in [4.69, 9.17) is 5.73 Å². The van der Waals surface area contributed by atoms with Crippen molar-refractivity contribution < 1.29 is 0 Å². The molecule has 0 unspecified atom stereocenters. The molecule has 1 aromatic rings. The van der Waals surface area contributed by atoms with Crippen LogP contribution in [0.2, 0.25) is 0 Å². The van der Waals surface area contributed by atoms with E-state index in [0.29, 0.717) is 0 Å². The SMILES string of the molecule is CCN(c1ccc(CCN)cc1)C1CCCCC1. The van der Waals surface area contributed by atoms with Crippen molar-refractivity contribution in [3.63, 3.8) is 0 Å². The average molecular weight is 246 g/mol. The largest absolute Gasteiger partial charge is 0.369 e. The van der Waals surface area contributed by atoms with Crippen LogP contribution in [0.15, 0.2) is 24.3 Å². The number of nitrogens with zero attached hydrogens (tertiary/aromatic N) is 1. The van der Waals surface area contributed by atoms with Gasteiger partial charge in [0.2, 0.25) is 0 Å². The molecule has 1 aliphatic rings. The van der Waals surface area contributed by atoms with Gasteiger partial charge < -0.3 is 10.6 Å². The van der Waals surface area contributed by atoms with Gasteiger partial charge in [-0.25, -0.2) is 0 Å². The standard InChI is InChI=1S/C16H26N2/c1-2-18(15-6-4-3-5-7-15)16-10-8-14(9-11-16)12-13-17/h8-11,15H,2-7,12-13,17H2,1H3. The summed E-state index contributed by atoms with van der Waals surface area (Å²) in [5.74, 6) is 0. The molecule has 1 saturated carbocycles. The molecule has 2 nitrogen and oxygen atoms in total. The quantitative estimate of drug-likeness (QED) is 0.863. The number of hydrogen-bond donors (Lipinski definition) is 1. The Bertz CT molecular complexity index is 339. The predicted molar refractivity (Wildman–Crippen MR) is 79.1 cm³/mol. The zero-order valence-corrected chi connectivity index (χ0v) is 11.6. The average Bonchev–Trinajstić information content (AvgIpc) is 2.43. The highest BCUT2D eigenvalue weighted by molar-refractivity contribution is 5.48. The second kappa shape index (κ2) is 6.79. The molecular weight excluding hydrogens is 220 g/mol. The number of nitrogens with two attached hydrogens (primary N) is 1.